The highest BCUT2D eigenvalue weighted by molar-refractivity contribution is 7.92. The Hall–Kier alpha value is -3.27. The number of nitrogens with one attached hydrogen (secondary N) is 1. The molecule has 0 atom stereocenters. The van der Waals surface area contributed by atoms with Crippen LogP contribution in [-0.2, 0) is 23.0 Å². The molecule has 37 heavy (non-hydrogen) atoms. The molecule has 0 radical (unpaired) electrons. The van der Waals surface area contributed by atoms with Gasteiger partial charge in [0.05, 0.1) is 23.0 Å². The molecule has 1 aliphatic carbocycles. The molecule has 5 rings (SSSR count). The third-order valence-corrected chi connectivity index (χ3v) is 9.21. The van der Waals surface area contributed by atoms with E-state index in [0.717, 1.165) is 43.5 Å². The molecule has 2 aromatic rings. The number of hydrogen-bond acceptors (Lipinski definition) is 5. The van der Waals surface area contributed by atoms with Crippen molar-refractivity contribution in [2.45, 2.75) is 62.6 Å². The first kappa shape index (κ1) is 25.4. The first-order valence-corrected chi connectivity index (χ1v) is 14.5. The lowest BCUT2D eigenvalue weighted by atomic mass is 9.99. The molecule has 2 heterocycles. The van der Waals surface area contributed by atoms with E-state index in [0.29, 0.717) is 37.1 Å². The molecule has 0 aromatic heterocycles. The number of likely N-dealkylation sites (tertiary alicyclic amines) is 1. The first-order valence-electron chi connectivity index (χ1n) is 13.1. The van der Waals surface area contributed by atoms with Crippen molar-refractivity contribution in [1.29, 1.82) is 5.41 Å². The predicted molar refractivity (Wildman–Crippen MR) is 146 cm³/mol. The van der Waals surface area contributed by atoms with Gasteiger partial charge in [0.15, 0.2) is 5.96 Å². The second-order valence-corrected chi connectivity index (χ2v) is 11.9. The largest absolute Gasteiger partial charge is 0.490 e. The van der Waals surface area contributed by atoms with Crippen molar-refractivity contribution in [3.8, 4) is 5.75 Å². The Labute approximate surface area is 219 Å². The summed E-state index contributed by atoms with van der Waals surface area (Å²) in [5.41, 5.74) is 8.46. The molecule has 9 nitrogen and oxygen atoms in total. The lowest BCUT2D eigenvalue weighted by Gasteiger charge is -2.31. The van der Waals surface area contributed by atoms with E-state index >= 15 is 0 Å². The van der Waals surface area contributed by atoms with Crippen LogP contribution in [-0.4, -0.2) is 68.8 Å². The van der Waals surface area contributed by atoms with Crippen LogP contribution in [0.2, 0.25) is 0 Å². The number of piperidine rings is 1. The van der Waals surface area contributed by atoms with Crippen LogP contribution in [0.4, 0.5) is 5.69 Å². The minimum Gasteiger partial charge on any atom is -0.490 e. The van der Waals surface area contributed by atoms with Gasteiger partial charge < -0.3 is 20.3 Å². The van der Waals surface area contributed by atoms with Gasteiger partial charge in [-0.25, -0.2) is 8.42 Å². The highest BCUT2D eigenvalue weighted by Crippen LogP contribution is 2.30. The number of rotatable bonds is 8. The van der Waals surface area contributed by atoms with Gasteiger partial charge in [0.1, 0.15) is 11.9 Å². The van der Waals surface area contributed by atoms with Gasteiger partial charge >= 0.3 is 0 Å². The Bertz CT molecular complexity index is 1250. The highest BCUT2D eigenvalue weighted by atomic mass is 32.2. The van der Waals surface area contributed by atoms with Gasteiger partial charge in [-0.1, -0.05) is 6.07 Å². The summed E-state index contributed by atoms with van der Waals surface area (Å²) in [6.07, 6.45) is 7.15. The zero-order chi connectivity index (χ0) is 26.0. The first-order chi connectivity index (χ1) is 17.8. The monoisotopic (exact) mass is 524 g/mol. The van der Waals surface area contributed by atoms with Crippen LogP contribution in [0.1, 0.15) is 43.7 Å². The molecule has 3 aliphatic rings. The van der Waals surface area contributed by atoms with Gasteiger partial charge in [-0.2, -0.15) is 0 Å². The van der Waals surface area contributed by atoms with Crippen molar-refractivity contribution < 1.29 is 13.2 Å². The van der Waals surface area contributed by atoms with Crippen LogP contribution in [0.25, 0.3) is 0 Å². The van der Waals surface area contributed by atoms with Gasteiger partial charge in [0, 0.05) is 45.6 Å². The molecule has 2 aliphatic heterocycles. The average Bonchev–Trinajstić information content (AvgIpc) is 3.73. The van der Waals surface area contributed by atoms with E-state index < -0.39 is 10.0 Å². The Morgan fingerprint density at radius 2 is 1.84 bits per heavy atom. The highest BCUT2D eigenvalue weighted by Gasteiger charge is 2.26. The van der Waals surface area contributed by atoms with Crippen molar-refractivity contribution in [3.05, 3.63) is 53.6 Å². The number of hydrogen-bond donors (Lipinski definition) is 2. The van der Waals surface area contributed by atoms with Crippen LogP contribution in [0, 0.1) is 5.41 Å². The quantitative estimate of drug-likeness (QED) is 0.405. The fourth-order valence-electron chi connectivity index (χ4n) is 4.93. The second-order valence-electron chi connectivity index (χ2n) is 10.00. The van der Waals surface area contributed by atoms with Crippen molar-refractivity contribution in [3.63, 3.8) is 0 Å². The Morgan fingerprint density at radius 1 is 1.11 bits per heavy atom. The zero-order valence-electron chi connectivity index (χ0n) is 21.3. The van der Waals surface area contributed by atoms with Crippen LogP contribution in [0.5, 0.6) is 5.75 Å². The number of guanidine groups is 1. The number of nitrogens with zero attached hydrogens (tertiary/aromatic N) is 4. The molecule has 198 valence electrons. The topological polar surface area (TPSA) is 115 Å². The maximum absolute atomic E-state index is 13.6. The molecule has 0 amide bonds. The molecular weight excluding hydrogens is 488 g/mol. The normalized spacial score (nSPS) is 18.6. The van der Waals surface area contributed by atoms with Gasteiger partial charge in [-0.3, -0.25) is 14.7 Å². The molecule has 1 saturated carbocycles. The van der Waals surface area contributed by atoms with E-state index in [9.17, 15) is 8.42 Å². The third kappa shape index (κ3) is 5.84. The van der Waals surface area contributed by atoms with Crippen molar-refractivity contribution >= 4 is 28.0 Å². The number of anilines is 1. The Balaban J connectivity index is 1.24. The molecular formula is C27H36N6O3S. The van der Waals surface area contributed by atoms with Crippen LogP contribution < -0.4 is 14.8 Å². The summed E-state index contributed by atoms with van der Waals surface area (Å²) >= 11 is 0. The minimum absolute atomic E-state index is 0.0336. The van der Waals surface area contributed by atoms with Crippen LogP contribution >= 0.6 is 0 Å². The summed E-state index contributed by atoms with van der Waals surface area (Å²) in [7, 11) is -3.75. The fourth-order valence-corrected chi connectivity index (χ4v) is 6.39. The minimum atomic E-state index is -3.75. The molecule has 0 bridgehead atoms. The maximum Gasteiger partial charge on any atom is 0.264 e. The molecule has 1 saturated heterocycles. The smallest absolute Gasteiger partial charge is 0.264 e. The van der Waals surface area contributed by atoms with E-state index in [4.69, 9.17) is 15.9 Å². The Kier molecular flexibility index (Phi) is 7.28. The van der Waals surface area contributed by atoms with Crippen LogP contribution in [0.15, 0.2) is 52.4 Å². The summed E-state index contributed by atoms with van der Waals surface area (Å²) in [4.78, 5) is 8.84. The van der Waals surface area contributed by atoms with Crippen molar-refractivity contribution in [2.24, 2.45) is 10.7 Å². The maximum atomic E-state index is 13.6. The number of fused-ring (bicyclic) bond motifs is 1. The molecule has 2 aromatic carbocycles. The fraction of sp³-hybridized carbons (Fsp3) is 0.481. The summed E-state index contributed by atoms with van der Waals surface area (Å²) in [6, 6.07) is 13.0. The average molecular weight is 525 g/mol. The van der Waals surface area contributed by atoms with Gasteiger partial charge in [0.25, 0.3) is 10.0 Å². The van der Waals surface area contributed by atoms with E-state index in [-0.39, 0.29) is 17.0 Å². The van der Waals surface area contributed by atoms with E-state index in [1.165, 1.54) is 17.1 Å². The predicted octanol–water partition coefficient (Wildman–Crippen LogP) is 3.19. The number of ether oxygens (including phenoxy) is 1. The summed E-state index contributed by atoms with van der Waals surface area (Å²) < 4.78 is 34.7. The summed E-state index contributed by atoms with van der Waals surface area (Å²) in [5, 5.41) is 7.74. The number of sulfonamides is 1. The van der Waals surface area contributed by atoms with Crippen LogP contribution in [0.3, 0.4) is 0 Å². The molecule has 2 fully saturated rings. The van der Waals surface area contributed by atoms with E-state index in [1.807, 2.05) is 31.5 Å². The second kappa shape index (κ2) is 10.6. The molecule has 10 heteroatoms. The zero-order valence-corrected chi connectivity index (χ0v) is 22.2. The van der Waals surface area contributed by atoms with Crippen molar-refractivity contribution in [1.82, 2.24) is 9.80 Å². The lowest BCUT2D eigenvalue weighted by molar-refractivity contribution is 0.132. The number of aliphatic imine (C=N–C) groups is 1. The number of benzene rings is 2. The molecule has 0 spiro atoms. The van der Waals surface area contributed by atoms with Gasteiger partial charge in [-0.15, -0.1) is 0 Å². The standard InChI is InChI=1S/C27H36N6O3S/c1-2-33(23-6-3-20-11-16-32(27(28)29)18-21(20)17-23)37(34,35)26-9-7-24(8-10-26)36-25-12-14-31(15-13-25)19-30-22-4-5-22/h3,6-10,17,19,22,25H,2,4-5,11-16,18H2,1H3,(H3,28,29). The summed E-state index contributed by atoms with van der Waals surface area (Å²) in [6.45, 7) is 5.18. The summed E-state index contributed by atoms with van der Waals surface area (Å²) in [5.74, 6) is 0.719. The van der Waals surface area contributed by atoms with Gasteiger partial charge in [0.2, 0.25) is 0 Å². The SMILES string of the molecule is CCN(c1ccc2c(c1)CN(C(=N)N)CC2)S(=O)(=O)c1ccc(OC2CCN(C=NC3CC3)CC2)cc1. The van der Waals surface area contributed by atoms with Crippen molar-refractivity contribution in [2.75, 3.05) is 30.5 Å². The Morgan fingerprint density at radius 3 is 2.49 bits per heavy atom. The molecule has 3 N–H and O–H groups in total. The molecule has 0 unspecified atom stereocenters. The number of nitrogens with two attached hydrogens (primary N) is 1. The van der Waals surface area contributed by atoms with E-state index in [2.05, 4.69) is 9.89 Å². The third-order valence-electron chi connectivity index (χ3n) is 7.30. The lowest BCUT2D eigenvalue weighted by Crippen LogP contribution is -2.40. The van der Waals surface area contributed by atoms with E-state index in [1.54, 1.807) is 29.2 Å². The van der Waals surface area contributed by atoms with Gasteiger partial charge in [-0.05, 0) is 73.7 Å².